The minimum atomic E-state index is -10.7. The zero-order valence-corrected chi connectivity index (χ0v) is 48.9. The second-order valence-electron chi connectivity index (χ2n) is 18.6. The Kier molecular flexibility index (Phi) is 22.2. The van der Waals surface area contributed by atoms with Crippen LogP contribution in [0.4, 0.5) is 101 Å². The number of amides is 2. The molecule has 0 aliphatic carbocycles. The van der Waals surface area contributed by atoms with Gasteiger partial charge in [-0.05, 0) is 70.8 Å². The zero-order valence-electron chi connectivity index (χ0n) is 45.3. The summed E-state index contributed by atoms with van der Waals surface area (Å²) in [5.74, 6) is 0. The maximum Gasteiger partial charge on any atom is 0.249 e. The molecule has 4 N–H and O–H groups in total. The van der Waals surface area contributed by atoms with E-state index in [0.717, 1.165) is 61.7 Å². The molecule has 0 saturated heterocycles. The molecule has 16 bridgehead atoms. The Morgan fingerprint density at radius 3 is 0.545 bits per heavy atom. The van der Waals surface area contributed by atoms with Crippen LogP contribution in [0, 0.1) is 0 Å². The van der Waals surface area contributed by atoms with Crippen LogP contribution >= 0.6 is 31.2 Å². The summed E-state index contributed by atoms with van der Waals surface area (Å²) >= 11 is 0. The summed E-state index contributed by atoms with van der Waals surface area (Å²) in [6.45, 7) is 3.28. The van der Waals surface area contributed by atoms with Gasteiger partial charge in [0.1, 0.15) is 98.5 Å². The molecule has 8 aromatic rings. The van der Waals surface area contributed by atoms with Gasteiger partial charge in [0.05, 0.1) is 0 Å². The van der Waals surface area contributed by atoms with Crippen molar-refractivity contribution in [2.75, 3.05) is 28.2 Å². The summed E-state index contributed by atoms with van der Waals surface area (Å²) in [5, 5.41) is 0. The molecular formula is C46H54F24N10O4P4. The van der Waals surface area contributed by atoms with E-state index < -0.39 is 31.2 Å². The van der Waals surface area contributed by atoms with E-state index >= 15 is 0 Å². The second kappa shape index (κ2) is 24.9. The standard InChI is InChI=1S/C40H36N8.2C3H7NO.4F6P.2H2O/c1-2-34-4-3-33(1)25-41-17-21-45(29-41)37-9-11-39(12-10-37)47-23-19-43(31-47)27-35-5-7-36(8-6-35)28-44-20-24-48(32-44)40-15-13-38(14-16-40)46-22-18-42(26-34)30-46;2*1-4(2)3-5;4*1-7(2,3,4,5)6;;/h1-24,29-32H,25-28H2;2*3H,1-2H3;;;;;2*1H2/q+4;;;4*-1;;. The maximum absolute atomic E-state index is 10.7. The van der Waals surface area contributed by atoms with Crippen molar-refractivity contribution >= 4 is 44.1 Å². The predicted molar refractivity (Wildman–Crippen MR) is 281 cm³/mol. The molecule has 0 unspecified atom stereocenters. The molecule has 14 nitrogen and oxygen atoms in total. The Balaban J connectivity index is 0.000000789. The molecule has 88 heavy (non-hydrogen) atoms. The van der Waals surface area contributed by atoms with Crippen LogP contribution in [0.2, 0.25) is 0 Å². The summed E-state index contributed by atoms with van der Waals surface area (Å²) in [5.41, 5.74) is 9.63. The first-order chi connectivity index (χ1) is 38.0. The van der Waals surface area contributed by atoms with E-state index in [1.165, 1.54) is 32.1 Å². The number of halogens is 24. The minimum absolute atomic E-state index is 0. The van der Waals surface area contributed by atoms with Crippen LogP contribution in [-0.4, -0.2) is 80.0 Å². The first-order valence-electron chi connectivity index (χ1n) is 23.2. The Labute approximate surface area is 482 Å². The quantitative estimate of drug-likeness (QED) is 0.0736. The van der Waals surface area contributed by atoms with E-state index in [4.69, 9.17) is 0 Å². The minimum Gasteiger partial charge on any atom is -0.412 e. The van der Waals surface area contributed by atoms with Gasteiger partial charge in [0.2, 0.25) is 38.1 Å². The summed E-state index contributed by atoms with van der Waals surface area (Å²) in [6, 6.07) is 35.2. The average Bonchev–Trinajstić information content (AvgIpc) is 4.16. The number of aromatic nitrogens is 8. The number of benzene rings is 4. The van der Waals surface area contributed by atoms with Gasteiger partial charge < -0.3 is 20.8 Å². The number of hydrogen-bond acceptors (Lipinski definition) is 2. The van der Waals surface area contributed by atoms with E-state index in [9.17, 15) is 110 Å². The van der Waals surface area contributed by atoms with Crippen molar-refractivity contribution in [3.05, 3.63) is 194 Å². The number of hydrogen-bond donors (Lipinski definition) is 0. The summed E-state index contributed by atoms with van der Waals surface area (Å²) < 4.78 is 254. The van der Waals surface area contributed by atoms with Crippen LogP contribution in [-0.2, 0) is 35.8 Å². The zero-order chi connectivity index (χ0) is 66.1. The van der Waals surface area contributed by atoms with Crippen LogP contribution < -0.4 is 18.3 Å². The van der Waals surface area contributed by atoms with Gasteiger partial charge in [-0.2, -0.15) is 0 Å². The van der Waals surface area contributed by atoms with E-state index in [2.05, 4.69) is 208 Å². The average molecular weight is 1390 g/mol. The van der Waals surface area contributed by atoms with Crippen molar-refractivity contribution in [1.82, 2.24) is 28.1 Å². The van der Waals surface area contributed by atoms with Gasteiger partial charge in [0, 0.05) is 28.2 Å². The van der Waals surface area contributed by atoms with Crippen LogP contribution in [0.3, 0.4) is 0 Å². The smallest absolute Gasteiger partial charge is 0.249 e. The van der Waals surface area contributed by atoms with Gasteiger partial charge in [-0.3, -0.25) is 9.59 Å². The summed E-state index contributed by atoms with van der Waals surface area (Å²) in [7, 11) is -35.9. The number of rotatable bonds is 2. The van der Waals surface area contributed by atoms with Crippen molar-refractivity contribution < 1.29 is 140 Å². The molecule has 0 saturated carbocycles. The molecule has 42 heteroatoms. The van der Waals surface area contributed by atoms with Crippen molar-refractivity contribution in [2.45, 2.75) is 26.2 Å². The predicted octanol–water partition coefficient (Wildman–Crippen LogP) is 15.8. The molecule has 0 spiro atoms. The third-order valence-corrected chi connectivity index (χ3v) is 9.59. The van der Waals surface area contributed by atoms with Crippen molar-refractivity contribution in [1.29, 1.82) is 0 Å². The topological polar surface area (TPSA) is 139 Å². The fourth-order valence-corrected chi connectivity index (χ4v) is 6.50. The maximum atomic E-state index is 9.87. The fourth-order valence-electron chi connectivity index (χ4n) is 6.50. The third-order valence-electron chi connectivity index (χ3n) is 9.59. The normalized spacial score (nSPS) is 15.0. The van der Waals surface area contributed by atoms with Crippen molar-refractivity contribution in [3.63, 3.8) is 0 Å². The molecule has 0 fully saturated rings. The molecule has 2 amide bonds. The molecule has 14 heterocycles. The summed E-state index contributed by atoms with van der Waals surface area (Å²) in [6.07, 6.45) is 27.1. The number of nitrogens with zero attached hydrogens (tertiary/aromatic N) is 10. The van der Waals surface area contributed by atoms with E-state index in [1.807, 2.05) is 0 Å². The Morgan fingerprint density at radius 2 is 0.432 bits per heavy atom. The molecule has 4 aromatic heterocycles. The van der Waals surface area contributed by atoms with Crippen LogP contribution in [0.25, 0.3) is 22.7 Å². The molecule has 10 aliphatic rings. The van der Waals surface area contributed by atoms with Gasteiger partial charge in [-0.1, -0.05) is 48.5 Å². The van der Waals surface area contributed by atoms with E-state index in [0.29, 0.717) is 0 Å². The molecule has 4 aromatic carbocycles. The van der Waals surface area contributed by atoms with E-state index in [-0.39, 0.29) is 11.0 Å². The third kappa shape index (κ3) is 43.3. The first-order valence-corrected chi connectivity index (χ1v) is 31.3. The molecule has 0 atom stereocenters. The van der Waals surface area contributed by atoms with Gasteiger partial charge in [-0.15, -0.1) is 0 Å². The Morgan fingerprint density at radius 1 is 0.307 bits per heavy atom. The fraction of sp³-hybridized carbons (Fsp3) is 0.174. The molecule has 10 aliphatic heterocycles. The monoisotopic (exact) mass is 1390 g/mol. The van der Waals surface area contributed by atoms with E-state index in [1.54, 1.807) is 28.2 Å². The number of carbonyl (C=O) groups excluding carboxylic acids is 2. The van der Waals surface area contributed by atoms with Crippen LogP contribution in [0.1, 0.15) is 22.3 Å². The molecule has 500 valence electrons. The van der Waals surface area contributed by atoms with Crippen molar-refractivity contribution in [3.8, 4) is 22.7 Å². The van der Waals surface area contributed by atoms with Crippen molar-refractivity contribution in [2.24, 2.45) is 0 Å². The van der Waals surface area contributed by atoms with Crippen LogP contribution in [0.15, 0.2) is 172 Å². The molecule has 18 rings (SSSR count). The molecular weight excluding hydrogens is 1340 g/mol. The van der Waals surface area contributed by atoms with Gasteiger partial charge in [0.25, 0.3) is 0 Å². The summed E-state index contributed by atoms with van der Waals surface area (Å²) in [4.78, 5) is 21.8. The second-order valence-corrected chi connectivity index (χ2v) is 26.3. The molecule has 0 radical (unpaired) electrons. The van der Waals surface area contributed by atoms with Gasteiger partial charge >= 0.3 is 132 Å². The van der Waals surface area contributed by atoms with Gasteiger partial charge in [0.15, 0.2) is 0 Å². The Bertz CT molecular complexity index is 3050. The first kappa shape index (κ1) is 78.6. The largest absolute Gasteiger partial charge is 0.412 e. The number of carbonyl (C=O) groups is 2. The van der Waals surface area contributed by atoms with Crippen LogP contribution in [0.5, 0.6) is 0 Å². The SMILES string of the molecule is CN(C)C=O.CN(C)C=O.F[P-](F)(F)(F)(F)F.F[P-](F)(F)(F)(F)F.F[P-](F)(F)(F)(F)F.F[P-](F)(F)(F)(F)F.O.O.c1cc2ccc1C[n+]1ccn(c1)-c1ccc(cc1)-n1cc[n+](c1)Cc1ccc(cc1)C[n+]1ccn(c1)-c1ccc(cc1)-n1cc[n+](c1)C2. The van der Waals surface area contributed by atoms with Gasteiger partial charge in [-0.25, -0.2) is 36.5 Å². The number of imidazole rings is 4. The Hall–Kier alpha value is -7.38.